The van der Waals surface area contributed by atoms with E-state index in [0.717, 1.165) is 5.57 Å². The number of nitrogen functional groups attached to an aromatic ring is 1. The Morgan fingerprint density at radius 3 is 2.17 bits per heavy atom. The molecule has 5 nitrogen and oxygen atoms in total. The van der Waals surface area contributed by atoms with Gasteiger partial charge in [0.05, 0.1) is 4.90 Å². The van der Waals surface area contributed by atoms with Crippen LogP contribution in [-0.2, 0) is 14.8 Å². The summed E-state index contributed by atoms with van der Waals surface area (Å²) in [6, 6.07) is 5.60. The van der Waals surface area contributed by atoms with Gasteiger partial charge in [-0.1, -0.05) is 5.57 Å². The Bertz CT molecular complexity index is 546. The third-order valence-electron chi connectivity index (χ3n) is 1.85. The Hall–Kier alpha value is -0.820. The minimum absolute atomic E-state index is 0. The third kappa shape index (κ3) is 5.22. The van der Waals surface area contributed by atoms with Crippen LogP contribution in [0.25, 0.3) is 0 Å². The van der Waals surface area contributed by atoms with Gasteiger partial charge >= 0.3 is 0 Å². The molecule has 18 heavy (non-hydrogen) atoms. The number of hydrogen-bond acceptors (Lipinski definition) is 4. The maximum absolute atomic E-state index is 11.7. The first-order valence-electron chi connectivity index (χ1n) is 4.88. The van der Waals surface area contributed by atoms with Gasteiger partial charge in [-0.25, -0.2) is 13.1 Å². The molecule has 1 aromatic rings. The minimum Gasteiger partial charge on any atom is -0.399 e. The molecule has 0 saturated carbocycles. The third-order valence-corrected chi connectivity index (χ3v) is 3.21. The number of allylic oxidation sites excluding steroid dienone is 1. The number of rotatable bonds is 3. The Labute approximate surface area is 129 Å². The van der Waals surface area contributed by atoms with Gasteiger partial charge in [0.25, 0.3) is 15.9 Å². The van der Waals surface area contributed by atoms with Crippen molar-refractivity contribution in [1.29, 1.82) is 0 Å². The maximum Gasteiger partial charge on any atom is 0.264 e. The normalized spacial score (nSPS) is 10.1. The van der Waals surface area contributed by atoms with Crippen molar-refractivity contribution in [3.8, 4) is 0 Å². The molecule has 1 aromatic carbocycles. The molecule has 0 aliphatic rings. The Balaban J connectivity index is 0.00000289. The second-order valence-corrected chi connectivity index (χ2v) is 5.44. The molecule has 0 bridgehead atoms. The van der Waals surface area contributed by atoms with Crippen LogP contribution in [0.15, 0.2) is 40.8 Å². The monoisotopic (exact) mass is 277 g/mol. The quantitative estimate of drug-likeness (QED) is 0.482. The van der Waals surface area contributed by atoms with E-state index >= 15 is 0 Å². The van der Waals surface area contributed by atoms with E-state index in [-0.39, 0.29) is 34.5 Å². The van der Waals surface area contributed by atoms with Crippen molar-refractivity contribution in [3.05, 3.63) is 35.9 Å². The molecule has 0 aliphatic carbocycles. The molecule has 0 aromatic heterocycles. The molecule has 3 N–H and O–H groups in total. The van der Waals surface area contributed by atoms with Gasteiger partial charge in [-0.05, 0) is 38.1 Å². The zero-order chi connectivity index (χ0) is 13.1. The predicted octanol–water partition coefficient (Wildman–Crippen LogP) is 0.659. The number of sulfonamides is 1. The van der Waals surface area contributed by atoms with Crippen molar-refractivity contribution in [2.75, 3.05) is 5.73 Å². The number of carbonyl (C=O) groups excluding carboxylic acids is 1. The Morgan fingerprint density at radius 2 is 1.72 bits per heavy atom. The molecule has 0 saturated heterocycles. The number of hydrogen-bond donors (Lipinski definition) is 2. The first-order valence-corrected chi connectivity index (χ1v) is 6.37. The average Bonchev–Trinajstić information content (AvgIpc) is 2.15. The fourth-order valence-corrected chi connectivity index (χ4v) is 2.07. The molecular weight excluding hydrogens is 263 g/mol. The van der Waals surface area contributed by atoms with Crippen molar-refractivity contribution in [2.45, 2.75) is 18.7 Å². The number of benzene rings is 1. The van der Waals surface area contributed by atoms with Crippen LogP contribution >= 0.6 is 0 Å². The standard InChI is InChI=1S/C11H14N2O3S.Na/c1-8(2)7-11(14)13-17(15,16)10-5-3-9(12)4-6-10;/h3-7H,12H2,1-2H3,(H,13,14);. The van der Waals surface area contributed by atoms with Crippen molar-refractivity contribution < 1.29 is 13.2 Å². The van der Waals surface area contributed by atoms with Gasteiger partial charge in [0.1, 0.15) is 0 Å². The smallest absolute Gasteiger partial charge is 0.264 e. The van der Waals surface area contributed by atoms with Crippen LogP contribution in [0.5, 0.6) is 0 Å². The Morgan fingerprint density at radius 1 is 1.22 bits per heavy atom. The number of nitrogens with two attached hydrogens (primary N) is 1. The summed E-state index contributed by atoms with van der Waals surface area (Å²) in [5.74, 6) is -0.665. The SMILES string of the molecule is CC(C)=CC(=O)NS(=O)(=O)c1ccc(N)cc1.[Na]. The first-order chi connectivity index (χ1) is 7.81. The number of anilines is 1. The van der Waals surface area contributed by atoms with E-state index < -0.39 is 15.9 Å². The molecule has 0 aliphatic heterocycles. The molecule has 7 heteroatoms. The molecule has 0 spiro atoms. The summed E-state index contributed by atoms with van der Waals surface area (Å²) in [5.41, 5.74) is 6.62. The fourth-order valence-electron chi connectivity index (χ4n) is 1.13. The predicted molar refractivity (Wildman–Crippen MR) is 71.4 cm³/mol. The molecule has 0 atom stereocenters. The van der Waals surface area contributed by atoms with Crippen molar-refractivity contribution in [1.82, 2.24) is 4.72 Å². The molecule has 1 amide bonds. The summed E-state index contributed by atoms with van der Waals surface area (Å²) in [7, 11) is -3.82. The van der Waals surface area contributed by atoms with Gasteiger partial charge in [-0.15, -0.1) is 0 Å². The van der Waals surface area contributed by atoms with Gasteiger partial charge in [-0.2, -0.15) is 0 Å². The van der Waals surface area contributed by atoms with Crippen molar-refractivity contribution >= 4 is 51.2 Å². The van der Waals surface area contributed by atoms with Crippen LogP contribution in [0.2, 0.25) is 0 Å². The zero-order valence-electron chi connectivity index (χ0n) is 10.6. The summed E-state index contributed by atoms with van der Waals surface area (Å²) in [6.07, 6.45) is 1.22. The molecular formula is C11H14N2NaO3S. The number of carbonyl (C=O) groups is 1. The van der Waals surface area contributed by atoms with Crippen LogP contribution < -0.4 is 10.5 Å². The van der Waals surface area contributed by atoms with Gasteiger partial charge in [0.15, 0.2) is 0 Å². The summed E-state index contributed by atoms with van der Waals surface area (Å²) in [5, 5.41) is 0. The van der Waals surface area contributed by atoms with Gasteiger partial charge in [0, 0.05) is 41.3 Å². The largest absolute Gasteiger partial charge is 0.399 e. The summed E-state index contributed by atoms with van der Waals surface area (Å²) < 4.78 is 25.4. The van der Waals surface area contributed by atoms with E-state index in [1.807, 2.05) is 4.72 Å². The van der Waals surface area contributed by atoms with Crippen LogP contribution in [0.1, 0.15) is 13.8 Å². The topological polar surface area (TPSA) is 89.3 Å². The van der Waals surface area contributed by atoms with Crippen LogP contribution in [0.3, 0.4) is 0 Å². The van der Waals surface area contributed by atoms with E-state index in [1.165, 1.54) is 30.3 Å². The summed E-state index contributed by atoms with van der Waals surface area (Å²) in [4.78, 5) is 11.3. The minimum atomic E-state index is -3.82. The second-order valence-electron chi connectivity index (χ2n) is 3.76. The van der Waals surface area contributed by atoms with E-state index in [9.17, 15) is 13.2 Å². The molecule has 0 heterocycles. The number of amides is 1. The maximum atomic E-state index is 11.7. The zero-order valence-corrected chi connectivity index (χ0v) is 13.4. The average molecular weight is 277 g/mol. The number of nitrogens with one attached hydrogen (secondary N) is 1. The van der Waals surface area contributed by atoms with Gasteiger partial charge < -0.3 is 5.73 Å². The van der Waals surface area contributed by atoms with Gasteiger partial charge in [0.2, 0.25) is 0 Å². The molecule has 1 rings (SSSR count). The van der Waals surface area contributed by atoms with Crippen LogP contribution in [-0.4, -0.2) is 43.9 Å². The molecule has 0 unspecified atom stereocenters. The van der Waals surface area contributed by atoms with Crippen molar-refractivity contribution in [2.24, 2.45) is 0 Å². The van der Waals surface area contributed by atoms with Crippen molar-refractivity contribution in [3.63, 3.8) is 0 Å². The van der Waals surface area contributed by atoms with Crippen LogP contribution in [0.4, 0.5) is 5.69 Å². The van der Waals surface area contributed by atoms with E-state index in [2.05, 4.69) is 0 Å². The fraction of sp³-hybridized carbons (Fsp3) is 0.182. The summed E-state index contributed by atoms with van der Waals surface area (Å²) in [6.45, 7) is 3.41. The Kier molecular flexibility index (Phi) is 6.62. The molecule has 1 radical (unpaired) electrons. The molecule has 0 fully saturated rings. The van der Waals surface area contributed by atoms with E-state index in [1.54, 1.807) is 13.8 Å². The second kappa shape index (κ2) is 6.94. The summed E-state index contributed by atoms with van der Waals surface area (Å²) >= 11 is 0. The van der Waals surface area contributed by atoms with E-state index in [4.69, 9.17) is 5.73 Å². The molecule has 93 valence electrons. The first kappa shape index (κ1) is 17.2. The van der Waals surface area contributed by atoms with Crippen LogP contribution in [0, 0.1) is 0 Å². The van der Waals surface area contributed by atoms with Gasteiger partial charge in [-0.3, -0.25) is 4.79 Å². The van der Waals surface area contributed by atoms with E-state index in [0.29, 0.717) is 5.69 Å².